The summed E-state index contributed by atoms with van der Waals surface area (Å²) in [6, 6.07) is 25.5. The van der Waals surface area contributed by atoms with Gasteiger partial charge in [0.05, 0.1) is 0 Å². The second-order valence-electron chi connectivity index (χ2n) is 5.76. The normalized spacial score (nSPS) is 8.29. The van der Waals surface area contributed by atoms with E-state index in [9.17, 15) is 0 Å². The van der Waals surface area contributed by atoms with Crippen LogP contribution in [0.3, 0.4) is 0 Å². The minimum absolute atomic E-state index is 1.12. The van der Waals surface area contributed by atoms with Crippen molar-refractivity contribution in [2.24, 2.45) is 0 Å². The van der Waals surface area contributed by atoms with Gasteiger partial charge in [0.25, 0.3) is 0 Å². The Kier molecular flexibility index (Phi) is 41.8. The quantitative estimate of drug-likeness (QED) is 0.284. The van der Waals surface area contributed by atoms with Gasteiger partial charge in [0, 0.05) is 0 Å². The van der Waals surface area contributed by atoms with Gasteiger partial charge in [-0.05, 0) is 0 Å². The molecule has 0 aliphatic carbocycles. The van der Waals surface area contributed by atoms with Crippen molar-refractivity contribution in [2.75, 3.05) is 0 Å². The topological polar surface area (TPSA) is 34.1 Å². The predicted molar refractivity (Wildman–Crippen MR) is 108 cm³/mol. The Morgan fingerprint density at radius 3 is 1.18 bits per heavy atom. The Hall–Kier alpha value is -0.947. The van der Waals surface area contributed by atoms with Crippen LogP contribution in [0.1, 0.15) is 71.1 Å². The zero-order valence-electron chi connectivity index (χ0n) is 17.0. The number of rotatable bonds is 9. The third-order valence-electron chi connectivity index (χ3n) is 3.51. The Labute approximate surface area is 189 Å². The average Bonchev–Trinajstić information content (AvgIpc) is 2.81. The zero-order valence-corrected chi connectivity index (χ0v) is 19.0. The van der Waals surface area contributed by atoms with Crippen molar-refractivity contribution in [1.82, 2.24) is 0 Å². The SMILES string of the molecule is [CH2-]CCCCCCCCCCC.[O]=[Co].[O]=[Co].[c-]1cc[c-]cc1.[c-]1ccccc1. The van der Waals surface area contributed by atoms with Crippen molar-refractivity contribution >= 4 is 0 Å². The summed E-state index contributed by atoms with van der Waals surface area (Å²) in [5.74, 6) is 0. The summed E-state index contributed by atoms with van der Waals surface area (Å²) >= 11 is 4.62. The van der Waals surface area contributed by atoms with E-state index in [1.807, 2.05) is 54.6 Å². The monoisotopic (exact) mass is 472 g/mol. The molecular formula is C24H34Co2O2-4. The molecule has 2 aromatic rings. The fourth-order valence-electron chi connectivity index (χ4n) is 2.13. The van der Waals surface area contributed by atoms with Gasteiger partial charge in [0.2, 0.25) is 0 Å². The molecule has 2 aromatic carbocycles. The van der Waals surface area contributed by atoms with Crippen LogP contribution in [-0.4, -0.2) is 0 Å². The van der Waals surface area contributed by atoms with Gasteiger partial charge in [-0.25, -0.2) is 0 Å². The minimum Gasteiger partial charge on any atom is -0.319 e. The van der Waals surface area contributed by atoms with Crippen molar-refractivity contribution in [2.45, 2.75) is 71.1 Å². The summed E-state index contributed by atoms with van der Waals surface area (Å²) < 4.78 is 15.9. The second kappa shape index (κ2) is 36.9. The second-order valence-corrected chi connectivity index (χ2v) is 5.76. The summed E-state index contributed by atoms with van der Waals surface area (Å²) in [5, 5.41) is 0. The molecule has 4 heteroatoms. The van der Waals surface area contributed by atoms with Gasteiger partial charge in [-0.2, -0.15) is 42.8 Å². The van der Waals surface area contributed by atoms with E-state index in [-0.39, 0.29) is 0 Å². The van der Waals surface area contributed by atoms with Crippen LogP contribution >= 0.6 is 0 Å². The molecule has 0 saturated carbocycles. The van der Waals surface area contributed by atoms with Crippen molar-refractivity contribution in [3.05, 3.63) is 79.7 Å². The van der Waals surface area contributed by atoms with E-state index in [0.29, 0.717) is 0 Å². The van der Waals surface area contributed by atoms with E-state index < -0.39 is 0 Å². The number of unbranched alkanes of at least 4 members (excludes halogenated alkanes) is 9. The van der Waals surface area contributed by atoms with Crippen LogP contribution in [0, 0.1) is 25.1 Å². The molecule has 2 rings (SSSR count). The van der Waals surface area contributed by atoms with Crippen LogP contribution in [0.15, 0.2) is 54.6 Å². The molecule has 164 valence electrons. The van der Waals surface area contributed by atoms with Crippen molar-refractivity contribution in [3.8, 4) is 0 Å². The molecule has 0 bridgehead atoms. The molecule has 0 fully saturated rings. The number of hydrogen-bond donors (Lipinski definition) is 0. The van der Waals surface area contributed by atoms with Gasteiger partial charge in [-0.1, -0.05) is 64.7 Å². The maximum Gasteiger partial charge on any atom is -0.171 e. The van der Waals surface area contributed by atoms with E-state index in [0.717, 1.165) is 6.42 Å². The molecule has 2 nitrogen and oxygen atoms in total. The first kappa shape index (κ1) is 31.7. The molecule has 0 unspecified atom stereocenters. The fraction of sp³-hybridized carbons (Fsp3) is 0.458. The molecule has 0 N–H and O–H groups in total. The van der Waals surface area contributed by atoms with Crippen molar-refractivity contribution in [1.29, 1.82) is 0 Å². The first-order valence-electron chi connectivity index (χ1n) is 9.71. The molecule has 0 amide bonds. The van der Waals surface area contributed by atoms with Crippen LogP contribution < -0.4 is 0 Å². The van der Waals surface area contributed by atoms with Crippen LogP contribution in [0.4, 0.5) is 0 Å². The number of benzene rings is 2. The molecule has 0 spiro atoms. The maximum atomic E-state index is 7.94. The molecule has 0 heterocycles. The molecule has 0 saturated heterocycles. The fourth-order valence-corrected chi connectivity index (χ4v) is 2.13. The van der Waals surface area contributed by atoms with Gasteiger partial charge in [0.1, 0.15) is 0 Å². The molecule has 0 radical (unpaired) electrons. The first-order valence-corrected chi connectivity index (χ1v) is 10.6. The summed E-state index contributed by atoms with van der Waals surface area (Å²) in [5.41, 5.74) is 0. The zero-order chi connectivity index (χ0) is 21.6. The van der Waals surface area contributed by atoms with Gasteiger partial charge in [-0.3, -0.25) is 24.3 Å². The van der Waals surface area contributed by atoms with Crippen LogP contribution in [-0.2, 0) is 39.1 Å². The minimum atomic E-state index is 1.12. The maximum absolute atomic E-state index is 7.94. The van der Waals surface area contributed by atoms with E-state index in [1.165, 1.54) is 57.8 Å². The van der Waals surface area contributed by atoms with Crippen LogP contribution in [0.2, 0.25) is 0 Å². The van der Waals surface area contributed by atoms with Crippen LogP contribution in [0.25, 0.3) is 0 Å². The summed E-state index contributed by atoms with van der Waals surface area (Å²) in [6.07, 6.45) is 13.9. The Bertz CT molecular complexity index is 344. The van der Waals surface area contributed by atoms with Gasteiger partial charge in [0.15, 0.2) is 0 Å². The summed E-state index contributed by atoms with van der Waals surface area (Å²) in [4.78, 5) is 0. The third-order valence-corrected chi connectivity index (χ3v) is 3.51. The van der Waals surface area contributed by atoms with Gasteiger partial charge in [-0.15, -0.1) is 0 Å². The molecule has 0 atom stereocenters. The Morgan fingerprint density at radius 1 is 0.571 bits per heavy atom. The van der Waals surface area contributed by atoms with Gasteiger partial charge >= 0.3 is 39.1 Å². The largest absolute Gasteiger partial charge is 0.319 e. The molecule has 28 heavy (non-hydrogen) atoms. The van der Waals surface area contributed by atoms with Gasteiger partial charge < -0.3 is 19.1 Å². The van der Waals surface area contributed by atoms with E-state index in [4.69, 9.17) is 7.73 Å². The van der Waals surface area contributed by atoms with E-state index in [2.05, 4.69) is 63.4 Å². The van der Waals surface area contributed by atoms with Crippen molar-refractivity contribution < 1.29 is 39.1 Å². The molecule has 0 aliphatic rings. The molecular weight excluding hydrogens is 438 g/mol. The molecule has 0 aromatic heterocycles. The Balaban J connectivity index is -0.000000327. The van der Waals surface area contributed by atoms with Crippen LogP contribution in [0.5, 0.6) is 0 Å². The Morgan fingerprint density at radius 2 is 0.929 bits per heavy atom. The standard InChI is InChI=1S/C12H25.C6H5.C6H4.2Co.2O/c1-3-5-7-9-11-12-10-8-6-4-2;2*1-2-4-6-5-3-1;;;;/h1,3-12H2,2H3;1-5H;1-2,5-6H;;;;/q2*-1;-2;;;;. The average molecular weight is 472 g/mol. The number of hydrogen-bond acceptors (Lipinski definition) is 2. The van der Waals surface area contributed by atoms with E-state index >= 15 is 0 Å². The van der Waals surface area contributed by atoms with E-state index in [1.54, 1.807) is 0 Å². The van der Waals surface area contributed by atoms with Crippen molar-refractivity contribution in [3.63, 3.8) is 0 Å². The predicted octanol–water partition coefficient (Wildman–Crippen LogP) is 7.27. The summed E-state index contributed by atoms with van der Waals surface area (Å²) in [7, 11) is 0. The third kappa shape index (κ3) is 36.0. The first-order chi connectivity index (χ1) is 13.9. The summed E-state index contributed by atoms with van der Waals surface area (Å²) in [6.45, 7) is 6.12. The molecule has 0 aliphatic heterocycles. The smallest absolute Gasteiger partial charge is 0.171 e.